The van der Waals surface area contributed by atoms with Gasteiger partial charge < -0.3 is 11.1 Å². The average Bonchev–Trinajstić information content (AvgIpc) is 2.71. The zero-order valence-electron chi connectivity index (χ0n) is 12.5. The maximum absolute atomic E-state index is 6.22. The summed E-state index contributed by atoms with van der Waals surface area (Å²) >= 11 is 1.70. The maximum atomic E-state index is 6.22. The number of nitrogens with two attached hydrogens (primary N) is 1. The quantitative estimate of drug-likeness (QED) is 0.796. The third kappa shape index (κ3) is 2.49. The fraction of sp³-hybridized carbons (Fsp3) is 0.562. The van der Waals surface area contributed by atoms with Gasteiger partial charge in [0.2, 0.25) is 0 Å². The zero-order chi connectivity index (χ0) is 14.3. The lowest BCUT2D eigenvalue weighted by atomic mass is 9.73. The van der Waals surface area contributed by atoms with Crippen molar-refractivity contribution in [2.24, 2.45) is 5.41 Å². The van der Waals surface area contributed by atoms with Crippen molar-refractivity contribution in [3.63, 3.8) is 0 Å². The highest BCUT2D eigenvalue weighted by atomic mass is 32.1. The first-order valence-corrected chi connectivity index (χ1v) is 8.20. The smallest absolute Gasteiger partial charge is 0.0907 e. The third-order valence-electron chi connectivity index (χ3n) is 4.50. The molecule has 1 aromatic carbocycles. The lowest BCUT2D eigenvalue weighted by molar-refractivity contribution is 0.217. The Bertz CT molecular complexity index is 630. The van der Waals surface area contributed by atoms with Crippen LogP contribution in [0.3, 0.4) is 0 Å². The van der Waals surface area contributed by atoms with E-state index >= 15 is 0 Å². The molecule has 1 fully saturated rings. The number of fused-ring (bicyclic) bond motifs is 1. The second-order valence-electron chi connectivity index (χ2n) is 6.57. The van der Waals surface area contributed by atoms with Gasteiger partial charge in [-0.05, 0) is 37.3 Å². The van der Waals surface area contributed by atoms with Gasteiger partial charge in [0.25, 0.3) is 0 Å². The topological polar surface area (TPSA) is 50.9 Å². The fourth-order valence-electron chi connectivity index (χ4n) is 3.18. The molecule has 3 rings (SSSR count). The third-order valence-corrected chi connectivity index (χ3v) is 5.44. The van der Waals surface area contributed by atoms with E-state index in [4.69, 9.17) is 5.73 Å². The molecule has 1 aliphatic rings. The van der Waals surface area contributed by atoms with E-state index in [1.165, 1.54) is 30.4 Å². The van der Waals surface area contributed by atoms with E-state index in [1.807, 2.05) is 6.92 Å². The van der Waals surface area contributed by atoms with Crippen molar-refractivity contribution in [1.82, 2.24) is 4.98 Å². The lowest BCUT2D eigenvalue weighted by Gasteiger charge is -2.39. The second-order valence-corrected chi connectivity index (χ2v) is 7.81. The van der Waals surface area contributed by atoms with Crippen LogP contribution in [0, 0.1) is 12.3 Å². The molecule has 3 nitrogen and oxygen atoms in total. The molecule has 4 heteroatoms. The van der Waals surface area contributed by atoms with Gasteiger partial charge in [0.15, 0.2) is 0 Å². The van der Waals surface area contributed by atoms with Gasteiger partial charge in [0.1, 0.15) is 0 Å². The number of aromatic nitrogens is 1. The number of nitrogens with one attached hydrogen (secondary N) is 1. The van der Waals surface area contributed by atoms with E-state index in [2.05, 4.69) is 36.3 Å². The molecule has 1 heterocycles. The number of benzene rings is 1. The number of anilines is 2. The number of rotatable bonds is 2. The number of nitrogens with zero attached hydrogens (tertiary/aromatic N) is 1. The van der Waals surface area contributed by atoms with Crippen molar-refractivity contribution < 1.29 is 0 Å². The molecule has 20 heavy (non-hydrogen) atoms. The average molecular weight is 289 g/mol. The Morgan fingerprint density at radius 1 is 1.35 bits per heavy atom. The molecule has 1 aliphatic carbocycles. The van der Waals surface area contributed by atoms with Crippen LogP contribution in [0.1, 0.15) is 44.5 Å². The monoisotopic (exact) mass is 289 g/mol. The molecule has 1 unspecified atom stereocenters. The number of thiazole rings is 1. The largest absolute Gasteiger partial charge is 0.397 e. The summed E-state index contributed by atoms with van der Waals surface area (Å²) in [6.45, 7) is 6.75. The van der Waals surface area contributed by atoms with Crippen molar-refractivity contribution in [2.45, 2.75) is 52.5 Å². The summed E-state index contributed by atoms with van der Waals surface area (Å²) in [6.07, 6.45) is 5.15. The molecule has 0 saturated heterocycles. The molecule has 1 saturated carbocycles. The van der Waals surface area contributed by atoms with Gasteiger partial charge in [-0.15, -0.1) is 11.3 Å². The molecular formula is C16H23N3S. The van der Waals surface area contributed by atoms with Crippen LogP contribution in [0.2, 0.25) is 0 Å². The minimum atomic E-state index is 0.331. The minimum absolute atomic E-state index is 0.331. The molecule has 108 valence electrons. The van der Waals surface area contributed by atoms with Gasteiger partial charge in [-0.2, -0.15) is 0 Å². The summed E-state index contributed by atoms with van der Waals surface area (Å²) in [7, 11) is 0. The van der Waals surface area contributed by atoms with Crippen LogP contribution >= 0.6 is 11.3 Å². The summed E-state index contributed by atoms with van der Waals surface area (Å²) < 4.78 is 1.17. The molecule has 0 amide bonds. The first-order valence-electron chi connectivity index (χ1n) is 7.39. The summed E-state index contributed by atoms with van der Waals surface area (Å²) in [5, 5.41) is 4.77. The standard InChI is InChI=1S/C16H23N3S/c1-10-18-13-9-12(11(17)8-14(13)20-10)19-15-6-4-5-7-16(15,2)3/h8-9,15,19H,4-7,17H2,1-3H3. The Labute approximate surface area is 124 Å². The minimum Gasteiger partial charge on any atom is -0.397 e. The summed E-state index contributed by atoms with van der Waals surface area (Å²) in [4.78, 5) is 4.57. The van der Waals surface area contributed by atoms with Crippen molar-refractivity contribution >= 4 is 32.9 Å². The van der Waals surface area contributed by atoms with Crippen LogP contribution in [0.15, 0.2) is 12.1 Å². The predicted molar refractivity (Wildman–Crippen MR) is 88.4 cm³/mol. The van der Waals surface area contributed by atoms with E-state index in [-0.39, 0.29) is 0 Å². The molecule has 0 aliphatic heterocycles. The van der Waals surface area contributed by atoms with Gasteiger partial charge in [0.05, 0.1) is 26.6 Å². The van der Waals surface area contributed by atoms with E-state index in [1.54, 1.807) is 11.3 Å². The van der Waals surface area contributed by atoms with Gasteiger partial charge in [-0.3, -0.25) is 0 Å². The fourth-order valence-corrected chi connectivity index (χ4v) is 4.04. The Morgan fingerprint density at radius 3 is 2.90 bits per heavy atom. The molecule has 2 aromatic rings. The Balaban J connectivity index is 1.91. The maximum Gasteiger partial charge on any atom is 0.0907 e. The summed E-state index contributed by atoms with van der Waals surface area (Å²) in [5.41, 5.74) is 9.48. The van der Waals surface area contributed by atoms with Crippen molar-refractivity contribution in [3.05, 3.63) is 17.1 Å². The molecule has 1 aromatic heterocycles. The Hall–Kier alpha value is -1.29. The molecule has 3 N–H and O–H groups in total. The van der Waals surface area contributed by atoms with Gasteiger partial charge in [0, 0.05) is 6.04 Å². The first kappa shape index (κ1) is 13.7. The normalized spacial score (nSPS) is 22.1. The van der Waals surface area contributed by atoms with Crippen molar-refractivity contribution in [1.29, 1.82) is 0 Å². The molecule has 0 bridgehead atoms. The van der Waals surface area contributed by atoms with Crippen molar-refractivity contribution in [3.8, 4) is 0 Å². The highest BCUT2D eigenvalue weighted by molar-refractivity contribution is 7.18. The van der Waals surface area contributed by atoms with Crippen LogP contribution in [0.4, 0.5) is 11.4 Å². The number of hydrogen-bond acceptors (Lipinski definition) is 4. The van der Waals surface area contributed by atoms with E-state index in [9.17, 15) is 0 Å². The van der Waals surface area contributed by atoms with Crippen LogP contribution in [0.5, 0.6) is 0 Å². The first-order chi connectivity index (χ1) is 9.45. The molecule has 0 radical (unpaired) electrons. The SMILES string of the molecule is Cc1nc2cc(NC3CCCCC3(C)C)c(N)cc2s1. The van der Waals surface area contributed by atoms with Gasteiger partial charge >= 0.3 is 0 Å². The van der Waals surface area contributed by atoms with Gasteiger partial charge in [-0.1, -0.05) is 26.7 Å². The second kappa shape index (κ2) is 4.92. The zero-order valence-corrected chi connectivity index (χ0v) is 13.3. The highest BCUT2D eigenvalue weighted by Gasteiger charge is 2.32. The van der Waals surface area contributed by atoms with Crippen LogP contribution in [0.25, 0.3) is 10.2 Å². The molecular weight excluding hydrogens is 266 g/mol. The van der Waals surface area contributed by atoms with E-state index in [0.29, 0.717) is 11.5 Å². The highest BCUT2D eigenvalue weighted by Crippen LogP contribution is 2.39. The molecule has 0 spiro atoms. The number of hydrogen-bond donors (Lipinski definition) is 2. The van der Waals surface area contributed by atoms with E-state index in [0.717, 1.165) is 21.9 Å². The van der Waals surface area contributed by atoms with Crippen LogP contribution < -0.4 is 11.1 Å². The van der Waals surface area contributed by atoms with Crippen LogP contribution in [-0.2, 0) is 0 Å². The predicted octanol–water partition coefficient (Wildman–Crippen LogP) is 4.57. The summed E-state index contributed by atoms with van der Waals surface area (Å²) in [5.74, 6) is 0. The summed E-state index contributed by atoms with van der Waals surface area (Å²) in [6, 6.07) is 4.66. The molecule has 1 atom stereocenters. The number of aryl methyl sites for hydroxylation is 1. The van der Waals surface area contributed by atoms with E-state index < -0.39 is 0 Å². The van der Waals surface area contributed by atoms with Crippen LogP contribution in [-0.4, -0.2) is 11.0 Å². The van der Waals surface area contributed by atoms with Gasteiger partial charge in [-0.25, -0.2) is 4.98 Å². The Morgan fingerprint density at radius 2 is 2.15 bits per heavy atom. The lowest BCUT2D eigenvalue weighted by Crippen LogP contribution is -2.39. The Kier molecular flexibility index (Phi) is 3.36. The number of nitrogen functional groups attached to an aromatic ring is 1. The van der Waals surface area contributed by atoms with Crippen molar-refractivity contribution in [2.75, 3.05) is 11.1 Å².